The fourth-order valence-electron chi connectivity index (χ4n) is 5.89. The van der Waals surface area contributed by atoms with E-state index in [1.807, 2.05) is 42.5 Å². The Labute approximate surface area is 265 Å². The lowest BCUT2D eigenvalue weighted by molar-refractivity contribution is 0.103. The van der Waals surface area contributed by atoms with E-state index >= 15 is 0 Å². The smallest absolute Gasteiger partial charge is 0.332 e. The number of likely N-dealkylation sites (tertiary alicyclic amines) is 1. The highest BCUT2D eigenvalue weighted by Gasteiger charge is 2.34. The monoisotopic (exact) mass is 619 g/mol. The number of benzene rings is 3. The summed E-state index contributed by atoms with van der Waals surface area (Å²) in [4.78, 5) is 43.1. The van der Waals surface area contributed by atoms with Crippen LogP contribution in [0.1, 0.15) is 28.1 Å². The molecule has 2 aromatic heterocycles. The van der Waals surface area contributed by atoms with E-state index in [-0.39, 0.29) is 5.91 Å². The molecule has 2 aliphatic rings. The van der Waals surface area contributed by atoms with Gasteiger partial charge in [-0.05, 0) is 94.1 Å². The van der Waals surface area contributed by atoms with Crippen LogP contribution in [0.5, 0.6) is 11.5 Å². The summed E-state index contributed by atoms with van der Waals surface area (Å²) in [6.45, 7) is 3.05. The SMILES string of the molecule is CN(C)C1CCN(Cc2ccc(NC(=O)c3sc4ncnc5c4c3NC(=O)N5c3ccc(Oc4ccccc4)cc3)cc2)CC1. The van der Waals surface area contributed by atoms with E-state index in [9.17, 15) is 9.59 Å². The van der Waals surface area contributed by atoms with Crippen molar-refractivity contribution in [2.75, 3.05) is 42.7 Å². The molecule has 228 valence electrons. The number of hydrogen-bond acceptors (Lipinski definition) is 8. The summed E-state index contributed by atoms with van der Waals surface area (Å²) < 4.78 is 5.90. The Morgan fingerprint density at radius 2 is 1.69 bits per heavy atom. The summed E-state index contributed by atoms with van der Waals surface area (Å²) in [5, 5.41) is 6.55. The van der Waals surface area contributed by atoms with Gasteiger partial charge in [0.05, 0.1) is 16.8 Å². The van der Waals surface area contributed by atoms with E-state index in [1.165, 1.54) is 41.0 Å². The van der Waals surface area contributed by atoms with Gasteiger partial charge < -0.3 is 20.3 Å². The van der Waals surface area contributed by atoms with Gasteiger partial charge in [0.15, 0.2) is 5.82 Å². The second-order valence-corrected chi connectivity index (χ2v) is 12.5. The summed E-state index contributed by atoms with van der Waals surface area (Å²) in [5.41, 5.74) is 2.93. The van der Waals surface area contributed by atoms with Crippen LogP contribution in [-0.2, 0) is 6.54 Å². The van der Waals surface area contributed by atoms with E-state index in [0.717, 1.165) is 25.4 Å². The highest BCUT2D eigenvalue weighted by Crippen LogP contribution is 2.45. The number of piperidine rings is 1. The number of hydrogen-bond donors (Lipinski definition) is 2. The van der Waals surface area contributed by atoms with Crippen LogP contribution in [0.3, 0.4) is 0 Å². The number of para-hydroxylation sites is 1. The molecule has 45 heavy (non-hydrogen) atoms. The second-order valence-electron chi connectivity index (χ2n) is 11.5. The van der Waals surface area contributed by atoms with Crippen molar-refractivity contribution in [3.05, 3.63) is 95.6 Å². The third-order valence-corrected chi connectivity index (χ3v) is 9.40. The number of urea groups is 1. The van der Waals surface area contributed by atoms with Gasteiger partial charge in [0.25, 0.3) is 5.91 Å². The molecular weight excluding hydrogens is 586 g/mol. The fraction of sp³-hybridized carbons (Fsp3) is 0.235. The van der Waals surface area contributed by atoms with E-state index in [0.29, 0.717) is 49.8 Å². The lowest BCUT2D eigenvalue weighted by Crippen LogP contribution is -2.41. The molecule has 3 aromatic carbocycles. The van der Waals surface area contributed by atoms with Gasteiger partial charge in [0.1, 0.15) is 27.5 Å². The lowest BCUT2D eigenvalue weighted by atomic mass is 10.0. The number of nitrogens with one attached hydrogen (secondary N) is 2. The zero-order valence-corrected chi connectivity index (χ0v) is 25.9. The van der Waals surface area contributed by atoms with Crippen LogP contribution in [0.15, 0.2) is 85.2 Å². The van der Waals surface area contributed by atoms with Gasteiger partial charge in [0.2, 0.25) is 0 Å². The summed E-state index contributed by atoms with van der Waals surface area (Å²) >= 11 is 1.23. The number of carbonyl (C=O) groups is 2. The Balaban J connectivity index is 1.06. The van der Waals surface area contributed by atoms with Crippen LogP contribution in [0.4, 0.5) is 27.7 Å². The molecule has 0 unspecified atom stereocenters. The lowest BCUT2D eigenvalue weighted by Gasteiger charge is -2.35. The number of ether oxygens (including phenoxy) is 1. The molecule has 0 atom stereocenters. The molecule has 0 aliphatic carbocycles. The maximum Gasteiger partial charge on any atom is 0.332 e. The molecule has 10 nitrogen and oxygen atoms in total. The quantitative estimate of drug-likeness (QED) is 0.194. The summed E-state index contributed by atoms with van der Waals surface area (Å²) in [6.07, 6.45) is 3.77. The highest BCUT2D eigenvalue weighted by atomic mass is 32.1. The van der Waals surface area contributed by atoms with Crippen LogP contribution >= 0.6 is 11.3 Å². The molecule has 0 bridgehead atoms. The van der Waals surface area contributed by atoms with Crippen LogP contribution in [-0.4, -0.2) is 64.9 Å². The van der Waals surface area contributed by atoms with Gasteiger partial charge in [-0.1, -0.05) is 30.3 Å². The number of nitrogens with zero attached hydrogens (tertiary/aromatic N) is 5. The third kappa shape index (κ3) is 5.97. The van der Waals surface area contributed by atoms with Crippen molar-refractivity contribution in [2.24, 2.45) is 0 Å². The normalized spacial score (nSPS) is 15.4. The predicted octanol–water partition coefficient (Wildman–Crippen LogP) is 6.95. The number of thiophene rings is 1. The first-order chi connectivity index (χ1) is 21.9. The zero-order chi connectivity index (χ0) is 30.9. The topological polar surface area (TPSA) is 103 Å². The van der Waals surface area contributed by atoms with Crippen LogP contribution in [0.2, 0.25) is 0 Å². The van der Waals surface area contributed by atoms with Crippen molar-refractivity contribution in [1.29, 1.82) is 0 Å². The van der Waals surface area contributed by atoms with Crippen molar-refractivity contribution < 1.29 is 14.3 Å². The van der Waals surface area contributed by atoms with Crippen LogP contribution < -0.4 is 20.3 Å². The van der Waals surface area contributed by atoms with Crippen molar-refractivity contribution in [1.82, 2.24) is 19.8 Å². The molecule has 0 spiro atoms. The Morgan fingerprint density at radius 1 is 0.978 bits per heavy atom. The molecule has 2 aliphatic heterocycles. The maximum atomic E-state index is 13.5. The summed E-state index contributed by atoms with van der Waals surface area (Å²) in [5.74, 6) is 1.47. The van der Waals surface area contributed by atoms with Crippen LogP contribution in [0.25, 0.3) is 10.2 Å². The predicted molar refractivity (Wildman–Crippen MR) is 178 cm³/mol. The number of rotatable bonds is 8. The van der Waals surface area contributed by atoms with Gasteiger partial charge in [-0.25, -0.2) is 19.7 Å². The second kappa shape index (κ2) is 12.3. The molecule has 7 rings (SSSR count). The molecule has 1 saturated heterocycles. The average Bonchev–Trinajstić information content (AvgIpc) is 3.43. The van der Waals surface area contributed by atoms with Crippen molar-refractivity contribution in [3.63, 3.8) is 0 Å². The highest BCUT2D eigenvalue weighted by molar-refractivity contribution is 7.21. The Morgan fingerprint density at radius 3 is 2.40 bits per heavy atom. The number of carbonyl (C=O) groups excluding carboxylic acids is 2. The van der Waals surface area contributed by atoms with Gasteiger partial charge in [-0.15, -0.1) is 11.3 Å². The van der Waals surface area contributed by atoms with Gasteiger partial charge >= 0.3 is 6.03 Å². The van der Waals surface area contributed by atoms with Crippen molar-refractivity contribution >= 4 is 56.4 Å². The van der Waals surface area contributed by atoms with E-state index in [2.05, 4.69) is 56.6 Å². The molecule has 4 heterocycles. The van der Waals surface area contributed by atoms with Crippen molar-refractivity contribution in [3.8, 4) is 11.5 Å². The zero-order valence-electron chi connectivity index (χ0n) is 25.1. The summed E-state index contributed by atoms with van der Waals surface area (Å²) in [7, 11) is 4.30. The molecule has 2 N–H and O–H groups in total. The average molecular weight is 620 g/mol. The minimum absolute atomic E-state index is 0.311. The Kier molecular flexibility index (Phi) is 7.88. The molecular formula is C34H33N7O3S. The molecule has 0 saturated carbocycles. The number of amides is 3. The largest absolute Gasteiger partial charge is 0.457 e. The van der Waals surface area contributed by atoms with Gasteiger partial charge in [0, 0.05) is 18.3 Å². The first-order valence-electron chi connectivity index (χ1n) is 14.9. The Hall–Kier alpha value is -4.84. The minimum Gasteiger partial charge on any atom is -0.457 e. The van der Waals surface area contributed by atoms with Gasteiger partial charge in [-0.3, -0.25) is 9.69 Å². The fourth-order valence-corrected chi connectivity index (χ4v) is 6.87. The third-order valence-electron chi connectivity index (χ3n) is 8.30. The Bertz CT molecular complexity index is 1830. The summed E-state index contributed by atoms with van der Waals surface area (Å²) in [6, 6.07) is 24.9. The van der Waals surface area contributed by atoms with E-state index < -0.39 is 6.03 Å². The minimum atomic E-state index is -0.411. The first kappa shape index (κ1) is 28.9. The van der Waals surface area contributed by atoms with Gasteiger partial charge in [-0.2, -0.15) is 0 Å². The van der Waals surface area contributed by atoms with E-state index in [4.69, 9.17) is 4.74 Å². The maximum absolute atomic E-state index is 13.5. The standard InChI is InChI=1S/C34H33N7O3S/c1-39(2)24-16-18-40(19-17-24)20-22-8-10-23(11-9-22)37-32(42)30-29-28-31(35-21-36-33(28)45-30)41(34(43)38-29)25-12-14-27(15-13-25)44-26-6-4-3-5-7-26/h3-15,21,24H,16-20H2,1-2H3,(H,37,42)(H,38,43). The van der Waals surface area contributed by atoms with E-state index in [1.54, 1.807) is 24.3 Å². The number of aromatic nitrogens is 2. The molecule has 11 heteroatoms. The number of anilines is 4. The molecule has 3 amide bonds. The first-order valence-corrected chi connectivity index (χ1v) is 15.8. The molecule has 1 fully saturated rings. The van der Waals surface area contributed by atoms with Crippen LogP contribution in [0, 0.1) is 0 Å². The van der Waals surface area contributed by atoms with Crippen molar-refractivity contribution in [2.45, 2.75) is 25.4 Å². The molecule has 5 aromatic rings. The molecule has 0 radical (unpaired) electrons.